The number of fused-ring (bicyclic) bond motifs is 1. The van der Waals surface area contributed by atoms with Gasteiger partial charge in [-0.05, 0) is 12.1 Å². The van der Waals surface area contributed by atoms with Gasteiger partial charge in [0, 0.05) is 17.8 Å². The number of aromatic carboxylic acids is 1. The first-order valence-electron chi connectivity index (χ1n) is 3.82. The Hall–Kier alpha value is -1.68. The van der Waals surface area contributed by atoms with Crippen LogP contribution in [0, 0.1) is 0 Å². The minimum atomic E-state index is -1.06. The van der Waals surface area contributed by atoms with Gasteiger partial charge >= 0.3 is 5.97 Å². The Bertz CT molecular complexity index is 513. The molecule has 1 N–H and O–H groups in total. The zero-order valence-electron chi connectivity index (χ0n) is 6.94. The number of carboxylic acids is 1. The van der Waals surface area contributed by atoms with E-state index in [1.54, 1.807) is 12.1 Å². The number of aromatic nitrogens is 2. The van der Waals surface area contributed by atoms with Crippen LogP contribution in [0.5, 0.6) is 0 Å². The Morgan fingerprint density at radius 3 is 2.93 bits per heavy atom. The molecule has 14 heavy (non-hydrogen) atoms. The van der Waals surface area contributed by atoms with E-state index in [0.717, 1.165) is 0 Å². The molecule has 0 atom stereocenters. The molecule has 5 heteroatoms. The largest absolute Gasteiger partial charge is 0.478 e. The number of halogens is 1. The molecule has 0 amide bonds. The molecule has 70 valence electrons. The Morgan fingerprint density at radius 2 is 2.21 bits per heavy atom. The summed E-state index contributed by atoms with van der Waals surface area (Å²) < 4.78 is 0. The molecule has 2 rings (SSSR count). The third-order valence-corrected chi connectivity index (χ3v) is 2.12. The van der Waals surface area contributed by atoms with E-state index in [1.807, 2.05) is 0 Å². The maximum atomic E-state index is 10.8. The Kier molecular flexibility index (Phi) is 2.05. The van der Waals surface area contributed by atoms with Crippen LogP contribution in [-0.2, 0) is 0 Å². The molecule has 0 aliphatic rings. The summed E-state index contributed by atoms with van der Waals surface area (Å²) in [5.74, 6) is -1.06. The first kappa shape index (κ1) is 8.90. The Balaban J connectivity index is 2.88. The number of rotatable bonds is 1. The van der Waals surface area contributed by atoms with Gasteiger partial charge in [0.15, 0.2) is 0 Å². The van der Waals surface area contributed by atoms with E-state index in [9.17, 15) is 4.79 Å². The molecule has 4 nitrogen and oxygen atoms in total. The summed E-state index contributed by atoms with van der Waals surface area (Å²) >= 11 is 5.79. The lowest BCUT2D eigenvalue weighted by Gasteiger charge is -2.01. The molecule has 2 heterocycles. The van der Waals surface area contributed by atoms with Gasteiger partial charge in [-0.1, -0.05) is 11.6 Å². The highest BCUT2D eigenvalue weighted by molar-refractivity contribution is 6.34. The van der Waals surface area contributed by atoms with Gasteiger partial charge in [0.1, 0.15) is 10.7 Å². The summed E-state index contributed by atoms with van der Waals surface area (Å²) in [5.41, 5.74) is 0.421. The highest BCUT2D eigenvalue weighted by Gasteiger charge is 2.11. The van der Waals surface area contributed by atoms with E-state index in [0.29, 0.717) is 10.9 Å². The van der Waals surface area contributed by atoms with E-state index in [2.05, 4.69) is 9.97 Å². The number of hydrogen-bond acceptors (Lipinski definition) is 3. The van der Waals surface area contributed by atoms with Gasteiger partial charge < -0.3 is 5.11 Å². The summed E-state index contributed by atoms with van der Waals surface area (Å²) in [6.07, 6.45) is 2.73. The standard InChI is InChI=1S/C9H5ClN2O2/c10-8-5-2-1-3-11-7(5)6(4-12-8)9(13)14/h1-4H,(H,13,14). The molecular formula is C9H5ClN2O2. The lowest BCUT2D eigenvalue weighted by molar-refractivity contribution is 0.0698. The zero-order valence-corrected chi connectivity index (χ0v) is 7.69. The highest BCUT2D eigenvalue weighted by atomic mass is 35.5. The second-order valence-corrected chi connectivity index (χ2v) is 3.03. The molecule has 0 aliphatic heterocycles. The molecule has 0 saturated heterocycles. The monoisotopic (exact) mass is 208 g/mol. The molecule has 0 aliphatic carbocycles. The van der Waals surface area contributed by atoms with E-state index in [-0.39, 0.29) is 10.7 Å². The van der Waals surface area contributed by atoms with Crippen LogP contribution in [0.2, 0.25) is 5.15 Å². The van der Waals surface area contributed by atoms with Crippen LogP contribution >= 0.6 is 11.6 Å². The molecular weight excluding hydrogens is 204 g/mol. The van der Waals surface area contributed by atoms with E-state index >= 15 is 0 Å². The number of carbonyl (C=O) groups is 1. The maximum Gasteiger partial charge on any atom is 0.339 e. The van der Waals surface area contributed by atoms with Crippen molar-refractivity contribution < 1.29 is 9.90 Å². The Labute approximate surface area is 84.2 Å². The number of pyridine rings is 2. The quantitative estimate of drug-likeness (QED) is 0.728. The van der Waals surface area contributed by atoms with Crippen LogP contribution < -0.4 is 0 Å². The summed E-state index contributed by atoms with van der Waals surface area (Å²) in [6.45, 7) is 0. The molecule has 0 unspecified atom stereocenters. The van der Waals surface area contributed by atoms with Crippen molar-refractivity contribution in [3.63, 3.8) is 0 Å². The van der Waals surface area contributed by atoms with Crippen molar-refractivity contribution in [3.05, 3.63) is 35.2 Å². The number of nitrogens with zero attached hydrogens (tertiary/aromatic N) is 2. The first-order valence-corrected chi connectivity index (χ1v) is 4.20. The van der Waals surface area contributed by atoms with Crippen LogP contribution in [0.15, 0.2) is 24.5 Å². The molecule has 0 fully saturated rings. The lowest BCUT2D eigenvalue weighted by atomic mass is 10.2. The topological polar surface area (TPSA) is 63.1 Å². The van der Waals surface area contributed by atoms with Crippen LogP contribution in [0.4, 0.5) is 0 Å². The van der Waals surface area contributed by atoms with Crippen LogP contribution in [0.3, 0.4) is 0 Å². The van der Waals surface area contributed by atoms with Crippen LogP contribution in [0.25, 0.3) is 10.9 Å². The zero-order chi connectivity index (χ0) is 10.1. The van der Waals surface area contributed by atoms with Crippen molar-refractivity contribution in [1.82, 2.24) is 9.97 Å². The fraction of sp³-hybridized carbons (Fsp3) is 0. The van der Waals surface area contributed by atoms with Gasteiger partial charge in [-0.15, -0.1) is 0 Å². The summed E-state index contributed by atoms with van der Waals surface area (Å²) in [7, 11) is 0. The van der Waals surface area contributed by atoms with Gasteiger partial charge in [0.05, 0.1) is 5.52 Å². The molecule has 0 aromatic carbocycles. The lowest BCUT2D eigenvalue weighted by Crippen LogP contribution is -2.00. The normalized spacial score (nSPS) is 10.4. The third kappa shape index (κ3) is 1.29. The van der Waals surface area contributed by atoms with Crippen molar-refractivity contribution in [3.8, 4) is 0 Å². The predicted octanol–water partition coefficient (Wildman–Crippen LogP) is 1.98. The Morgan fingerprint density at radius 1 is 1.43 bits per heavy atom. The third-order valence-electron chi connectivity index (χ3n) is 1.82. The SMILES string of the molecule is O=C(O)c1cnc(Cl)c2cccnc12. The highest BCUT2D eigenvalue weighted by Crippen LogP contribution is 2.21. The van der Waals surface area contributed by atoms with E-state index < -0.39 is 5.97 Å². The summed E-state index contributed by atoms with van der Waals surface area (Å²) in [5, 5.41) is 9.66. The number of carboxylic acid groups (broad SMARTS) is 1. The van der Waals surface area contributed by atoms with Crippen molar-refractivity contribution >= 4 is 28.5 Å². The van der Waals surface area contributed by atoms with Gasteiger partial charge in [-0.3, -0.25) is 4.98 Å². The van der Waals surface area contributed by atoms with Gasteiger partial charge in [0.2, 0.25) is 0 Å². The smallest absolute Gasteiger partial charge is 0.339 e. The summed E-state index contributed by atoms with van der Waals surface area (Å²) in [6, 6.07) is 3.37. The fourth-order valence-corrected chi connectivity index (χ4v) is 1.40. The van der Waals surface area contributed by atoms with E-state index in [1.165, 1.54) is 12.4 Å². The van der Waals surface area contributed by atoms with Crippen LogP contribution in [0.1, 0.15) is 10.4 Å². The molecule has 0 saturated carbocycles. The maximum absolute atomic E-state index is 10.8. The molecule has 0 bridgehead atoms. The van der Waals surface area contributed by atoms with Crippen molar-refractivity contribution in [2.24, 2.45) is 0 Å². The molecule has 0 radical (unpaired) electrons. The predicted molar refractivity (Wildman–Crippen MR) is 51.5 cm³/mol. The van der Waals surface area contributed by atoms with Gasteiger partial charge in [-0.25, -0.2) is 9.78 Å². The first-order chi connectivity index (χ1) is 6.70. The van der Waals surface area contributed by atoms with E-state index in [4.69, 9.17) is 16.7 Å². The molecule has 2 aromatic heterocycles. The summed E-state index contributed by atoms with van der Waals surface area (Å²) in [4.78, 5) is 18.5. The number of hydrogen-bond donors (Lipinski definition) is 1. The molecule has 2 aromatic rings. The van der Waals surface area contributed by atoms with Gasteiger partial charge in [0.25, 0.3) is 0 Å². The van der Waals surface area contributed by atoms with Crippen molar-refractivity contribution in [2.45, 2.75) is 0 Å². The average Bonchev–Trinajstić information content (AvgIpc) is 2.18. The van der Waals surface area contributed by atoms with Gasteiger partial charge in [-0.2, -0.15) is 0 Å². The van der Waals surface area contributed by atoms with Crippen molar-refractivity contribution in [1.29, 1.82) is 0 Å². The molecule has 0 spiro atoms. The van der Waals surface area contributed by atoms with Crippen LogP contribution in [-0.4, -0.2) is 21.0 Å². The second-order valence-electron chi connectivity index (χ2n) is 2.67. The second kappa shape index (κ2) is 3.23. The van der Waals surface area contributed by atoms with Crippen molar-refractivity contribution in [2.75, 3.05) is 0 Å². The average molecular weight is 209 g/mol. The fourth-order valence-electron chi connectivity index (χ4n) is 1.19. The minimum absolute atomic E-state index is 0.0602. The minimum Gasteiger partial charge on any atom is -0.478 e.